The van der Waals surface area contributed by atoms with Crippen molar-refractivity contribution in [3.63, 3.8) is 0 Å². The van der Waals surface area contributed by atoms with Gasteiger partial charge in [-0.15, -0.1) is 0 Å². The van der Waals surface area contributed by atoms with Gasteiger partial charge in [-0.2, -0.15) is 0 Å². The van der Waals surface area contributed by atoms with Crippen molar-refractivity contribution in [3.8, 4) is 0 Å². The summed E-state index contributed by atoms with van der Waals surface area (Å²) < 4.78 is 30.4. The average Bonchev–Trinajstić information content (AvgIpc) is 3.10. The van der Waals surface area contributed by atoms with Gasteiger partial charge in [0.15, 0.2) is 5.76 Å². The Morgan fingerprint density at radius 1 is 1.12 bits per heavy atom. The zero-order chi connectivity index (χ0) is 18.6. The number of carbonyl (C=O) groups is 1. The zero-order valence-corrected chi connectivity index (χ0v) is 15.3. The Hall–Kier alpha value is -2.16. The van der Waals surface area contributed by atoms with E-state index >= 15 is 0 Å². The maximum Gasteiger partial charge on any atom is 0.287 e. The maximum atomic E-state index is 12.1. The van der Waals surface area contributed by atoms with Gasteiger partial charge < -0.3 is 15.5 Å². The molecule has 1 unspecified atom stereocenters. The summed E-state index contributed by atoms with van der Waals surface area (Å²) in [7, 11) is -2.45. The van der Waals surface area contributed by atoms with E-state index in [1.807, 2.05) is 24.3 Å². The normalized spacial score (nSPS) is 13.0. The summed E-state index contributed by atoms with van der Waals surface area (Å²) in [6.07, 6.45) is 0. The van der Waals surface area contributed by atoms with Gasteiger partial charge in [0.05, 0.1) is 0 Å². The number of amides is 1. The van der Waals surface area contributed by atoms with Crippen molar-refractivity contribution in [2.24, 2.45) is 5.73 Å². The fourth-order valence-electron chi connectivity index (χ4n) is 2.22. The molecule has 0 aliphatic rings. The Labute approximate surface area is 147 Å². The molecule has 1 aromatic carbocycles. The lowest BCUT2D eigenvalue weighted by atomic mass is 9.99. The molecule has 0 saturated carbocycles. The number of carbonyl (C=O) groups excluding carboxylic acids is 1. The number of nitrogens with one attached hydrogen (secondary N) is 2. The first-order valence-corrected chi connectivity index (χ1v) is 9.40. The first kappa shape index (κ1) is 19.2. The third-order valence-corrected chi connectivity index (χ3v) is 5.14. The Morgan fingerprint density at radius 3 is 2.28 bits per heavy atom. The van der Waals surface area contributed by atoms with Gasteiger partial charge in [-0.05, 0) is 36.2 Å². The topological polar surface area (TPSA) is 114 Å². The van der Waals surface area contributed by atoms with E-state index in [2.05, 4.69) is 23.9 Å². The van der Waals surface area contributed by atoms with Gasteiger partial charge in [0.2, 0.25) is 5.09 Å². The first-order chi connectivity index (χ1) is 11.7. The molecule has 2 rings (SSSR count). The minimum atomic E-state index is -3.72. The largest absolute Gasteiger partial charge is 0.438 e. The van der Waals surface area contributed by atoms with E-state index < -0.39 is 15.9 Å². The lowest BCUT2D eigenvalue weighted by Gasteiger charge is -2.14. The number of benzene rings is 1. The molecule has 0 spiro atoms. The second-order valence-electron chi connectivity index (χ2n) is 5.96. The lowest BCUT2D eigenvalue weighted by molar-refractivity contribution is 0.0918. The van der Waals surface area contributed by atoms with E-state index in [1.165, 1.54) is 24.7 Å². The summed E-state index contributed by atoms with van der Waals surface area (Å²) in [4.78, 5) is 12.1. The van der Waals surface area contributed by atoms with Crippen molar-refractivity contribution in [2.45, 2.75) is 30.9 Å². The molecule has 1 heterocycles. The monoisotopic (exact) mass is 365 g/mol. The number of sulfonamides is 1. The second kappa shape index (κ2) is 7.81. The van der Waals surface area contributed by atoms with Crippen LogP contribution >= 0.6 is 0 Å². The maximum absolute atomic E-state index is 12.1. The van der Waals surface area contributed by atoms with Crippen LogP contribution < -0.4 is 15.8 Å². The molecule has 0 aliphatic carbocycles. The van der Waals surface area contributed by atoms with Gasteiger partial charge in [-0.3, -0.25) is 4.79 Å². The molecule has 1 aromatic heterocycles. The molecule has 4 N–H and O–H groups in total. The van der Waals surface area contributed by atoms with E-state index in [-0.39, 0.29) is 23.4 Å². The minimum Gasteiger partial charge on any atom is -0.438 e. The number of rotatable bonds is 7. The summed E-state index contributed by atoms with van der Waals surface area (Å²) in [6.45, 7) is 4.43. The predicted octanol–water partition coefficient (Wildman–Crippen LogP) is 1.74. The molecule has 7 nitrogen and oxygen atoms in total. The number of hydrogen-bond donors (Lipinski definition) is 3. The van der Waals surface area contributed by atoms with Crippen LogP contribution in [0.15, 0.2) is 45.9 Å². The minimum absolute atomic E-state index is 0.0869. The Balaban J connectivity index is 1.97. The third kappa shape index (κ3) is 4.68. The predicted molar refractivity (Wildman–Crippen MR) is 94.7 cm³/mol. The van der Waals surface area contributed by atoms with Crippen LogP contribution in [0.3, 0.4) is 0 Å². The molecule has 25 heavy (non-hydrogen) atoms. The zero-order valence-electron chi connectivity index (χ0n) is 14.4. The van der Waals surface area contributed by atoms with Crippen molar-refractivity contribution in [2.75, 3.05) is 13.6 Å². The number of furan rings is 1. The van der Waals surface area contributed by atoms with Gasteiger partial charge in [0.1, 0.15) is 0 Å². The van der Waals surface area contributed by atoms with Crippen LogP contribution in [0.1, 0.15) is 47.5 Å². The van der Waals surface area contributed by atoms with Crippen LogP contribution in [0.2, 0.25) is 0 Å². The Kier molecular flexibility index (Phi) is 5.99. The molecule has 0 saturated heterocycles. The highest BCUT2D eigenvalue weighted by atomic mass is 32.2. The molecule has 0 fully saturated rings. The van der Waals surface area contributed by atoms with E-state index in [4.69, 9.17) is 10.2 Å². The molecule has 136 valence electrons. The van der Waals surface area contributed by atoms with Crippen molar-refractivity contribution in [3.05, 3.63) is 53.3 Å². The van der Waals surface area contributed by atoms with Crippen LogP contribution in [0.25, 0.3) is 0 Å². The Morgan fingerprint density at radius 2 is 1.72 bits per heavy atom. The fraction of sp³-hybridized carbons (Fsp3) is 0.353. The molecule has 0 bridgehead atoms. The molecular weight excluding hydrogens is 342 g/mol. The van der Waals surface area contributed by atoms with E-state index in [0.29, 0.717) is 5.92 Å². The summed E-state index contributed by atoms with van der Waals surface area (Å²) in [5.74, 6) is -0.171. The molecule has 8 heteroatoms. The molecule has 0 aliphatic heterocycles. The van der Waals surface area contributed by atoms with Crippen molar-refractivity contribution >= 4 is 15.9 Å². The smallest absolute Gasteiger partial charge is 0.287 e. The summed E-state index contributed by atoms with van der Waals surface area (Å²) in [5.41, 5.74) is 8.21. The van der Waals surface area contributed by atoms with Crippen LogP contribution in [-0.2, 0) is 10.0 Å². The van der Waals surface area contributed by atoms with Crippen LogP contribution in [0, 0.1) is 0 Å². The van der Waals surface area contributed by atoms with Gasteiger partial charge in [0.25, 0.3) is 15.9 Å². The van der Waals surface area contributed by atoms with Crippen LogP contribution in [0.5, 0.6) is 0 Å². The van der Waals surface area contributed by atoms with Crippen LogP contribution in [-0.4, -0.2) is 27.9 Å². The molecule has 1 atom stereocenters. The van der Waals surface area contributed by atoms with E-state index in [1.54, 1.807) is 0 Å². The summed E-state index contributed by atoms with van der Waals surface area (Å²) in [6, 6.07) is 10.1. The number of hydrogen-bond acceptors (Lipinski definition) is 5. The molecule has 1 amide bonds. The number of nitrogens with two attached hydrogens (primary N) is 1. The third-order valence-electron chi connectivity index (χ3n) is 3.85. The second-order valence-corrected chi connectivity index (χ2v) is 7.78. The lowest BCUT2D eigenvalue weighted by Crippen LogP contribution is -2.31. The molecule has 0 radical (unpaired) electrons. The standard InChI is InChI=1S/C17H23N3O4S/c1-11(2)12-4-6-13(7-5-12)14(18)10-20-17(21)15-8-9-16(24-15)25(22,23)19-3/h4-9,11,14,19H,10,18H2,1-3H3,(H,20,21). The fourth-order valence-corrected chi connectivity index (χ4v) is 2.87. The van der Waals surface area contributed by atoms with Crippen molar-refractivity contribution in [1.29, 1.82) is 0 Å². The SMILES string of the molecule is CNS(=O)(=O)c1ccc(C(=O)NCC(N)c2ccc(C(C)C)cc2)o1. The van der Waals surface area contributed by atoms with Gasteiger partial charge in [-0.25, -0.2) is 13.1 Å². The quantitative estimate of drug-likeness (QED) is 0.691. The van der Waals surface area contributed by atoms with Gasteiger partial charge >= 0.3 is 0 Å². The molecular formula is C17H23N3O4S. The van der Waals surface area contributed by atoms with Crippen molar-refractivity contribution < 1.29 is 17.6 Å². The highest BCUT2D eigenvalue weighted by Crippen LogP contribution is 2.18. The van der Waals surface area contributed by atoms with E-state index in [9.17, 15) is 13.2 Å². The highest BCUT2D eigenvalue weighted by molar-refractivity contribution is 7.89. The average molecular weight is 365 g/mol. The first-order valence-electron chi connectivity index (χ1n) is 7.91. The summed E-state index contributed by atoms with van der Waals surface area (Å²) in [5, 5.41) is 2.33. The highest BCUT2D eigenvalue weighted by Gasteiger charge is 2.20. The van der Waals surface area contributed by atoms with Gasteiger partial charge in [-0.1, -0.05) is 38.1 Å². The Bertz CT molecular complexity index is 826. The van der Waals surface area contributed by atoms with Crippen LogP contribution in [0.4, 0.5) is 0 Å². The summed E-state index contributed by atoms with van der Waals surface area (Å²) >= 11 is 0. The van der Waals surface area contributed by atoms with Gasteiger partial charge in [0, 0.05) is 12.6 Å². The van der Waals surface area contributed by atoms with Crippen molar-refractivity contribution in [1.82, 2.24) is 10.0 Å². The van der Waals surface area contributed by atoms with E-state index in [0.717, 1.165) is 5.56 Å². The molecule has 2 aromatic rings.